The van der Waals surface area contributed by atoms with Crippen LogP contribution in [0.2, 0.25) is 0 Å². The molecule has 0 unspecified atom stereocenters. The Morgan fingerprint density at radius 3 is 2.27 bits per heavy atom. The van der Waals surface area contributed by atoms with Gasteiger partial charge in [-0.15, -0.1) is 12.1 Å². The van der Waals surface area contributed by atoms with Gasteiger partial charge in [-0.05, 0) is 6.42 Å². The molecule has 0 fully saturated rings. The standard InChI is InChI=1S/C13H10F.Li/c14-13-8-6-12(7-9-13)10-11-4-2-1-3-5-11;/h1-8H,10H2;/q-1;+1. The molecule has 0 aliphatic carbocycles. The van der Waals surface area contributed by atoms with Crippen molar-refractivity contribution in [2.24, 2.45) is 0 Å². The van der Waals surface area contributed by atoms with Crippen molar-refractivity contribution in [1.29, 1.82) is 0 Å². The van der Waals surface area contributed by atoms with Crippen LogP contribution in [0, 0.1) is 11.9 Å². The predicted molar refractivity (Wildman–Crippen MR) is 54.5 cm³/mol. The third kappa shape index (κ3) is 3.55. The average Bonchev–Trinajstić information content (AvgIpc) is 2.23. The Morgan fingerprint density at radius 2 is 1.67 bits per heavy atom. The summed E-state index contributed by atoms with van der Waals surface area (Å²) in [5.74, 6) is -0.304. The van der Waals surface area contributed by atoms with Crippen LogP contribution in [-0.4, -0.2) is 0 Å². The molecule has 2 heteroatoms. The van der Waals surface area contributed by atoms with E-state index in [1.165, 1.54) is 11.6 Å². The van der Waals surface area contributed by atoms with Crippen LogP contribution >= 0.6 is 0 Å². The van der Waals surface area contributed by atoms with Gasteiger partial charge in [0.1, 0.15) is 0 Å². The molecule has 0 radical (unpaired) electrons. The zero-order chi connectivity index (χ0) is 9.80. The first-order valence-corrected chi connectivity index (χ1v) is 4.54. The van der Waals surface area contributed by atoms with Gasteiger partial charge in [-0.3, -0.25) is 0 Å². The smallest absolute Gasteiger partial charge is 0.236 e. The fourth-order valence-electron chi connectivity index (χ4n) is 1.38. The molecule has 70 valence electrons. The van der Waals surface area contributed by atoms with Crippen molar-refractivity contribution in [2.45, 2.75) is 6.42 Å². The maximum absolute atomic E-state index is 12.6. The molecule has 0 saturated heterocycles. The summed E-state index contributed by atoms with van der Waals surface area (Å²) in [5.41, 5.74) is 2.31. The third-order valence-electron chi connectivity index (χ3n) is 2.09. The third-order valence-corrected chi connectivity index (χ3v) is 2.09. The van der Waals surface area contributed by atoms with Gasteiger partial charge >= 0.3 is 18.9 Å². The minimum atomic E-state index is -0.304. The summed E-state index contributed by atoms with van der Waals surface area (Å²) in [6.07, 6.45) is 0.831. The van der Waals surface area contributed by atoms with Crippen molar-refractivity contribution >= 4 is 0 Å². The number of benzene rings is 2. The van der Waals surface area contributed by atoms with E-state index in [0.29, 0.717) is 0 Å². The van der Waals surface area contributed by atoms with Crippen molar-refractivity contribution < 1.29 is 23.3 Å². The summed E-state index contributed by atoms with van der Waals surface area (Å²) in [5, 5.41) is 0. The molecule has 2 aromatic carbocycles. The molecule has 0 aliphatic rings. The molecule has 2 aromatic rings. The molecular weight excluding hydrogens is 182 g/mol. The van der Waals surface area contributed by atoms with Gasteiger partial charge in [0.15, 0.2) is 0 Å². The zero-order valence-corrected chi connectivity index (χ0v) is 8.70. The summed E-state index contributed by atoms with van der Waals surface area (Å²) >= 11 is 0. The van der Waals surface area contributed by atoms with Gasteiger partial charge in [0.2, 0.25) is 0 Å². The molecule has 0 bridgehead atoms. The Balaban J connectivity index is 0.00000112. The van der Waals surface area contributed by atoms with Crippen LogP contribution in [0.25, 0.3) is 0 Å². The van der Waals surface area contributed by atoms with E-state index in [2.05, 4.69) is 18.2 Å². The first kappa shape index (κ1) is 12.0. The molecule has 0 nitrogen and oxygen atoms in total. The minimum absolute atomic E-state index is 0. The number of hydrogen-bond donors (Lipinski definition) is 0. The predicted octanol–water partition coefficient (Wildman–Crippen LogP) is 0.221. The van der Waals surface area contributed by atoms with Crippen LogP contribution < -0.4 is 18.9 Å². The van der Waals surface area contributed by atoms with E-state index < -0.39 is 0 Å². The minimum Gasteiger partial charge on any atom is -0.236 e. The average molecular weight is 192 g/mol. The second-order valence-corrected chi connectivity index (χ2v) is 3.21. The van der Waals surface area contributed by atoms with E-state index in [9.17, 15) is 4.39 Å². The zero-order valence-electron chi connectivity index (χ0n) is 8.70. The van der Waals surface area contributed by atoms with E-state index in [1.54, 1.807) is 12.1 Å². The first-order valence-electron chi connectivity index (χ1n) is 4.54. The molecule has 0 heterocycles. The Hall–Kier alpha value is -1.03. The second kappa shape index (κ2) is 5.75. The summed E-state index contributed by atoms with van der Waals surface area (Å²) in [6.45, 7) is 0. The summed E-state index contributed by atoms with van der Waals surface area (Å²) < 4.78 is 12.6. The van der Waals surface area contributed by atoms with E-state index in [0.717, 1.165) is 12.0 Å². The fourth-order valence-corrected chi connectivity index (χ4v) is 1.38. The molecule has 0 amide bonds. The van der Waals surface area contributed by atoms with E-state index in [4.69, 9.17) is 0 Å². The Kier molecular flexibility index (Phi) is 4.62. The molecular formula is C13H10FLi. The second-order valence-electron chi connectivity index (χ2n) is 3.21. The number of hydrogen-bond acceptors (Lipinski definition) is 0. The van der Waals surface area contributed by atoms with Crippen LogP contribution in [0.1, 0.15) is 11.1 Å². The molecule has 0 aliphatic heterocycles. The van der Waals surface area contributed by atoms with Crippen LogP contribution in [0.3, 0.4) is 0 Å². The van der Waals surface area contributed by atoms with Gasteiger partial charge in [0.05, 0.1) is 0 Å². The molecule has 0 saturated carbocycles. The van der Waals surface area contributed by atoms with Gasteiger partial charge in [-0.2, -0.15) is 17.7 Å². The summed E-state index contributed by atoms with van der Waals surface area (Å²) in [6, 6.07) is 17.6. The fraction of sp³-hybridized carbons (Fsp3) is 0.0769. The van der Waals surface area contributed by atoms with Gasteiger partial charge in [-0.1, -0.05) is 35.9 Å². The molecule has 2 rings (SSSR count). The molecule has 0 aromatic heterocycles. The maximum Gasteiger partial charge on any atom is 1.00 e. The van der Waals surface area contributed by atoms with Crippen LogP contribution in [-0.2, 0) is 6.42 Å². The molecule has 15 heavy (non-hydrogen) atoms. The van der Waals surface area contributed by atoms with Crippen molar-refractivity contribution in [3.63, 3.8) is 0 Å². The molecule has 0 N–H and O–H groups in total. The van der Waals surface area contributed by atoms with Crippen molar-refractivity contribution in [1.82, 2.24) is 0 Å². The van der Waals surface area contributed by atoms with E-state index in [1.807, 2.05) is 18.2 Å². The molecule has 0 spiro atoms. The van der Waals surface area contributed by atoms with Crippen LogP contribution in [0.15, 0.2) is 48.5 Å². The van der Waals surface area contributed by atoms with Gasteiger partial charge in [0.25, 0.3) is 0 Å². The molecule has 0 atom stereocenters. The van der Waals surface area contributed by atoms with Crippen LogP contribution in [0.4, 0.5) is 4.39 Å². The monoisotopic (exact) mass is 192 g/mol. The van der Waals surface area contributed by atoms with Crippen molar-refractivity contribution in [2.75, 3.05) is 0 Å². The Labute approximate surface area is 101 Å². The SMILES string of the molecule is Fc1[c-]cc(Cc2ccccc2)cc1.[Li+]. The normalized spacial score (nSPS) is 9.40. The van der Waals surface area contributed by atoms with Gasteiger partial charge in [-0.25, -0.2) is 4.39 Å². The number of halogens is 1. The first-order chi connectivity index (χ1) is 6.84. The maximum atomic E-state index is 12.6. The van der Waals surface area contributed by atoms with E-state index >= 15 is 0 Å². The van der Waals surface area contributed by atoms with Crippen molar-refractivity contribution in [3.05, 3.63) is 71.5 Å². The summed E-state index contributed by atoms with van der Waals surface area (Å²) in [7, 11) is 0. The quantitative estimate of drug-likeness (QED) is 0.471. The topological polar surface area (TPSA) is 0 Å². The largest absolute Gasteiger partial charge is 1.00 e. The Bertz CT molecular complexity index is 395. The number of rotatable bonds is 2. The van der Waals surface area contributed by atoms with Crippen molar-refractivity contribution in [3.8, 4) is 0 Å². The summed E-state index contributed by atoms with van der Waals surface area (Å²) in [4.78, 5) is 0. The van der Waals surface area contributed by atoms with Crippen LogP contribution in [0.5, 0.6) is 0 Å². The Morgan fingerprint density at radius 1 is 0.933 bits per heavy atom. The van der Waals surface area contributed by atoms with E-state index in [-0.39, 0.29) is 24.7 Å². The van der Waals surface area contributed by atoms with Gasteiger partial charge in [0, 0.05) is 5.82 Å². The van der Waals surface area contributed by atoms with Gasteiger partial charge < -0.3 is 0 Å².